The summed E-state index contributed by atoms with van der Waals surface area (Å²) in [4.78, 5) is 14.7. The summed E-state index contributed by atoms with van der Waals surface area (Å²) in [7, 11) is -3.64. The van der Waals surface area contributed by atoms with Crippen molar-refractivity contribution in [2.75, 3.05) is 23.3 Å². The quantitative estimate of drug-likeness (QED) is 0.650. The molecule has 0 aliphatic carbocycles. The third-order valence-electron chi connectivity index (χ3n) is 4.72. The number of sulfonamides is 1. The van der Waals surface area contributed by atoms with Crippen molar-refractivity contribution in [3.05, 3.63) is 53.6 Å². The van der Waals surface area contributed by atoms with Crippen molar-refractivity contribution < 1.29 is 13.2 Å². The third kappa shape index (κ3) is 6.30. The Balaban J connectivity index is 1.91. The van der Waals surface area contributed by atoms with Crippen LogP contribution in [0.1, 0.15) is 38.3 Å². The van der Waals surface area contributed by atoms with Gasteiger partial charge in [-0.25, -0.2) is 13.1 Å². The molecule has 0 aromatic heterocycles. The minimum atomic E-state index is -3.64. The van der Waals surface area contributed by atoms with Crippen LogP contribution in [0.4, 0.5) is 11.4 Å². The predicted molar refractivity (Wildman–Crippen MR) is 119 cm³/mol. The lowest BCUT2D eigenvalue weighted by molar-refractivity contribution is -0.116. The number of rotatable bonds is 9. The molecular weight excluding hydrogens is 386 g/mol. The van der Waals surface area contributed by atoms with Crippen LogP contribution >= 0.6 is 0 Å². The van der Waals surface area contributed by atoms with Gasteiger partial charge in [0, 0.05) is 36.9 Å². The highest BCUT2D eigenvalue weighted by molar-refractivity contribution is 7.89. The summed E-state index contributed by atoms with van der Waals surface area (Å²) in [5.41, 5.74) is 3.34. The van der Waals surface area contributed by atoms with E-state index in [1.54, 1.807) is 19.1 Å². The van der Waals surface area contributed by atoms with Crippen LogP contribution < -0.4 is 14.9 Å². The third-order valence-corrected chi connectivity index (χ3v) is 6.33. The fourth-order valence-corrected chi connectivity index (χ4v) is 4.54. The van der Waals surface area contributed by atoms with Crippen molar-refractivity contribution in [1.82, 2.24) is 4.72 Å². The van der Waals surface area contributed by atoms with E-state index in [0.717, 1.165) is 17.8 Å². The number of nitrogens with one attached hydrogen (secondary N) is 2. The van der Waals surface area contributed by atoms with Crippen molar-refractivity contribution in [1.29, 1.82) is 0 Å². The van der Waals surface area contributed by atoms with Crippen LogP contribution in [0.2, 0.25) is 0 Å². The van der Waals surface area contributed by atoms with Gasteiger partial charge < -0.3 is 10.2 Å². The standard InChI is InChI=1S/C22H31N3O3S/c1-6-25(16(2)3)20-11-9-19(10-12-20)24-22(26)13-14-23-29(27,28)21-15-17(4)7-8-18(21)5/h7-12,15-16,23H,6,13-14H2,1-5H3,(H,24,26). The molecule has 29 heavy (non-hydrogen) atoms. The second-order valence-corrected chi connectivity index (χ2v) is 9.13. The lowest BCUT2D eigenvalue weighted by Gasteiger charge is -2.27. The molecule has 1 amide bonds. The van der Waals surface area contributed by atoms with Crippen molar-refractivity contribution in [2.45, 2.75) is 52.0 Å². The molecule has 158 valence electrons. The Hall–Kier alpha value is -2.38. The van der Waals surface area contributed by atoms with Crippen LogP contribution in [-0.4, -0.2) is 33.5 Å². The maximum absolute atomic E-state index is 12.5. The molecule has 2 N–H and O–H groups in total. The van der Waals surface area contributed by atoms with Crippen molar-refractivity contribution >= 4 is 27.3 Å². The van der Waals surface area contributed by atoms with Crippen LogP contribution in [0.3, 0.4) is 0 Å². The molecule has 2 rings (SSSR count). The van der Waals surface area contributed by atoms with Gasteiger partial charge in [0.1, 0.15) is 0 Å². The van der Waals surface area contributed by atoms with Crippen LogP contribution in [0.25, 0.3) is 0 Å². The zero-order valence-corrected chi connectivity index (χ0v) is 18.6. The van der Waals surface area contributed by atoms with Crippen molar-refractivity contribution in [3.8, 4) is 0 Å². The molecule has 0 bridgehead atoms. The summed E-state index contributed by atoms with van der Waals surface area (Å²) < 4.78 is 27.5. The van der Waals surface area contributed by atoms with Crippen LogP contribution in [0.15, 0.2) is 47.4 Å². The molecule has 6 nitrogen and oxygen atoms in total. The van der Waals surface area contributed by atoms with E-state index in [1.807, 2.05) is 37.3 Å². The highest BCUT2D eigenvalue weighted by atomic mass is 32.2. The molecule has 2 aromatic rings. The first-order valence-electron chi connectivity index (χ1n) is 9.87. The SMILES string of the molecule is CCN(c1ccc(NC(=O)CCNS(=O)(=O)c2cc(C)ccc2C)cc1)C(C)C. The number of anilines is 2. The van der Waals surface area contributed by atoms with Gasteiger partial charge in [0.2, 0.25) is 15.9 Å². The molecule has 0 atom stereocenters. The number of carbonyl (C=O) groups excluding carboxylic acids is 1. The maximum Gasteiger partial charge on any atom is 0.240 e. The molecule has 0 aliphatic heterocycles. The second kappa shape index (κ2) is 9.89. The summed E-state index contributed by atoms with van der Waals surface area (Å²) in [6.07, 6.45) is 0.0545. The summed E-state index contributed by atoms with van der Waals surface area (Å²) in [5.74, 6) is -0.238. The molecule has 0 saturated heterocycles. The highest BCUT2D eigenvalue weighted by Gasteiger charge is 2.17. The van der Waals surface area contributed by atoms with Crippen molar-refractivity contribution in [2.24, 2.45) is 0 Å². The Morgan fingerprint density at radius 3 is 2.31 bits per heavy atom. The van der Waals surface area contributed by atoms with Gasteiger partial charge in [-0.3, -0.25) is 4.79 Å². The summed E-state index contributed by atoms with van der Waals surface area (Å²) in [6, 6.07) is 13.3. The lowest BCUT2D eigenvalue weighted by atomic mass is 10.2. The number of hydrogen-bond donors (Lipinski definition) is 2. The molecule has 0 unspecified atom stereocenters. The fraction of sp³-hybridized carbons (Fsp3) is 0.409. The van der Waals surface area contributed by atoms with Gasteiger partial charge in [0.05, 0.1) is 4.90 Å². The number of carbonyl (C=O) groups is 1. The largest absolute Gasteiger partial charge is 0.369 e. The zero-order valence-electron chi connectivity index (χ0n) is 17.8. The van der Waals surface area contributed by atoms with E-state index in [0.29, 0.717) is 17.3 Å². The van der Waals surface area contributed by atoms with Gasteiger partial charge in [-0.15, -0.1) is 0 Å². The Morgan fingerprint density at radius 2 is 1.72 bits per heavy atom. The minimum Gasteiger partial charge on any atom is -0.369 e. The van der Waals surface area contributed by atoms with Gasteiger partial charge in [0.15, 0.2) is 0 Å². The molecule has 0 radical (unpaired) electrons. The Bertz CT molecular complexity index is 938. The first-order valence-corrected chi connectivity index (χ1v) is 11.4. The van der Waals surface area contributed by atoms with E-state index in [4.69, 9.17) is 0 Å². The van der Waals surface area contributed by atoms with E-state index < -0.39 is 10.0 Å². The first kappa shape index (κ1) is 22.9. The molecular formula is C22H31N3O3S. The Kier molecular flexibility index (Phi) is 7.81. The van der Waals surface area contributed by atoms with E-state index in [-0.39, 0.29) is 23.8 Å². The molecule has 0 heterocycles. The number of hydrogen-bond acceptors (Lipinski definition) is 4. The Morgan fingerprint density at radius 1 is 1.07 bits per heavy atom. The number of amides is 1. The zero-order chi connectivity index (χ0) is 21.6. The first-order chi connectivity index (χ1) is 13.6. The van der Waals surface area contributed by atoms with E-state index in [9.17, 15) is 13.2 Å². The number of aryl methyl sites for hydroxylation is 2. The average Bonchev–Trinajstić information content (AvgIpc) is 2.65. The minimum absolute atomic E-state index is 0.0383. The molecule has 0 saturated carbocycles. The molecule has 0 fully saturated rings. The number of benzene rings is 2. The second-order valence-electron chi connectivity index (χ2n) is 7.39. The highest BCUT2D eigenvalue weighted by Crippen LogP contribution is 2.20. The van der Waals surface area contributed by atoms with E-state index >= 15 is 0 Å². The van der Waals surface area contributed by atoms with Gasteiger partial charge in [-0.05, 0) is 76.1 Å². The normalized spacial score (nSPS) is 11.5. The van der Waals surface area contributed by atoms with Gasteiger partial charge in [-0.2, -0.15) is 0 Å². The maximum atomic E-state index is 12.5. The lowest BCUT2D eigenvalue weighted by Crippen LogP contribution is -2.30. The molecule has 0 aliphatic rings. The van der Waals surface area contributed by atoms with E-state index in [2.05, 4.69) is 35.7 Å². The van der Waals surface area contributed by atoms with E-state index in [1.165, 1.54) is 0 Å². The average molecular weight is 418 g/mol. The summed E-state index contributed by atoms with van der Waals surface area (Å²) >= 11 is 0. The fourth-order valence-electron chi connectivity index (χ4n) is 3.18. The summed E-state index contributed by atoms with van der Waals surface area (Å²) in [6.45, 7) is 10.9. The molecule has 7 heteroatoms. The Labute approximate surface area is 174 Å². The van der Waals surface area contributed by atoms with Gasteiger partial charge in [-0.1, -0.05) is 12.1 Å². The molecule has 0 spiro atoms. The van der Waals surface area contributed by atoms with Crippen LogP contribution in [0.5, 0.6) is 0 Å². The smallest absolute Gasteiger partial charge is 0.240 e. The number of nitrogens with zero attached hydrogens (tertiary/aromatic N) is 1. The van der Waals surface area contributed by atoms with Gasteiger partial charge in [0.25, 0.3) is 0 Å². The predicted octanol–water partition coefficient (Wildman–Crippen LogP) is 3.85. The van der Waals surface area contributed by atoms with Crippen molar-refractivity contribution in [3.63, 3.8) is 0 Å². The topological polar surface area (TPSA) is 78.5 Å². The van der Waals surface area contributed by atoms with Crippen LogP contribution in [-0.2, 0) is 14.8 Å². The van der Waals surface area contributed by atoms with Crippen LogP contribution in [0, 0.1) is 13.8 Å². The van der Waals surface area contributed by atoms with Gasteiger partial charge >= 0.3 is 0 Å². The monoisotopic (exact) mass is 417 g/mol. The molecule has 2 aromatic carbocycles. The summed E-state index contributed by atoms with van der Waals surface area (Å²) in [5, 5.41) is 2.81.